The van der Waals surface area contributed by atoms with Crippen molar-refractivity contribution in [1.82, 2.24) is 15.2 Å². The summed E-state index contributed by atoms with van der Waals surface area (Å²) >= 11 is 2.53. The van der Waals surface area contributed by atoms with Crippen LogP contribution in [-0.4, -0.2) is 75.3 Å². The van der Waals surface area contributed by atoms with Crippen LogP contribution in [0.5, 0.6) is 0 Å². The van der Waals surface area contributed by atoms with Gasteiger partial charge in [-0.25, -0.2) is 9.78 Å². The van der Waals surface area contributed by atoms with Gasteiger partial charge in [-0.2, -0.15) is 0 Å². The van der Waals surface area contributed by atoms with Gasteiger partial charge >= 0.3 is 11.9 Å². The molecule has 0 bridgehead atoms. The number of esters is 1. The number of aromatic nitrogens is 1. The van der Waals surface area contributed by atoms with Crippen molar-refractivity contribution in [2.45, 2.75) is 37.1 Å². The maximum absolute atomic E-state index is 12.7. The first kappa shape index (κ1) is 24.5. The number of oxime groups is 1. The van der Waals surface area contributed by atoms with E-state index in [0.717, 1.165) is 11.3 Å². The van der Waals surface area contributed by atoms with Crippen LogP contribution in [0.3, 0.4) is 0 Å². The summed E-state index contributed by atoms with van der Waals surface area (Å²) in [5, 5.41) is 16.3. The van der Waals surface area contributed by atoms with E-state index in [1.165, 1.54) is 23.8 Å². The number of carbonyl (C=O) groups excluding carboxylic acids is 3. The smallest absolute Gasteiger partial charge is 0.354 e. The molecule has 3 heterocycles. The zero-order valence-electron chi connectivity index (χ0n) is 17.7. The highest BCUT2D eigenvalue weighted by molar-refractivity contribution is 8.00. The lowest BCUT2D eigenvalue weighted by molar-refractivity contribution is -0.152. The van der Waals surface area contributed by atoms with Gasteiger partial charge in [-0.3, -0.25) is 19.3 Å². The summed E-state index contributed by atoms with van der Waals surface area (Å²) < 4.78 is 5.24. The maximum Gasteiger partial charge on any atom is 0.354 e. The topological polar surface area (TPSA) is 174 Å². The second-order valence-electron chi connectivity index (χ2n) is 7.01. The minimum absolute atomic E-state index is 0.0695. The number of anilines is 1. The molecule has 4 N–H and O–H groups in total. The molecule has 2 aliphatic rings. The maximum atomic E-state index is 12.7. The van der Waals surface area contributed by atoms with E-state index in [0.29, 0.717) is 25.0 Å². The Morgan fingerprint density at radius 1 is 1.36 bits per heavy atom. The van der Waals surface area contributed by atoms with Gasteiger partial charge in [-0.1, -0.05) is 5.16 Å². The average Bonchev–Trinajstić information content (AvgIpc) is 3.22. The van der Waals surface area contributed by atoms with Gasteiger partial charge in [-0.15, -0.1) is 23.1 Å². The molecule has 2 aliphatic heterocycles. The molecular weight excluding hydrogens is 474 g/mol. The number of hydrogen-bond donors (Lipinski definition) is 3. The number of carboxylic acids is 1. The number of thioether (sulfide) groups is 1. The Morgan fingerprint density at radius 3 is 2.82 bits per heavy atom. The summed E-state index contributed by atoms with van der Waals surface area (Å²) in [6.07, 6.45) is 3.33. The van der Waals surface area contributed by atoms with E-state index in [1.54, 1.807) is 11.5 Å². The fourth-order valence-corrected chi connectivity index (χ4v) is 4.97. The highest BCUT2D eigenvalue weighted by atomic mass is 32.2. The van der Waals surface area contributed by atoms with Crippen LogP contribution < -0.4 is 11.1 Å². The number of thiazole rings is 1. The van der Waals surface area contributed by atoms with Gasteiger partial charge in [0.25, 0.3) is 11.8 Å². The third-order valence-corrected chi connectivity index (χ3v) is 6.63. The Bertz CT molecular complexity index is 993. The number of fused-ring (bicyclic) bond motifs is 1. The van der Waals surface area contributed by atoms with Gasteiger partial charge in [0.1, 0.15) is 29.9 Å². The third-order valence-electron chi connectivity index (χ3n) is 4.77. The normalized spacial score (nSPS) is 19.8. The van der Waals surface area contributed by atoms with Crippen molar-refractivity contribution in [3.8, 4) is 0 Å². The third kappa shape index (κ3) is 5.82. The van der Waals surface area contributed by atoms with Crippen LogP contribution in [0.4, 0.5) is 5.13 Å². The molecule has 0 saturated carbocycles. The predicted molar refractivity (Wildman–Crippen MR) is 120 cm³/mol. The quantitative estimate of drug-likeness (QED) is 0.129. The molecule has 1 unspecified atom stereocenters. The Morgan fingerprint density at radius 2 is 2.15 bits per heavy atom. The van der Waals surface area contributed by atoms with Crippen molar-refractivity contribution in [3.05, 3.63) is 22.8 Å². The summed E-state index contributed by atoms with van der Waals surface area (Å²) in [5.41, 5.74) is 5.86. The average molecular weight is 498 g/mol. The van der Waals surface area contributed by atoms with Gasteiger partial charge in [0.05, 0.1) is 6.61 Å². The monoisotopic (exact) mass is 497 g/mol. The highest BCUT2D eigenvalue weighted by Gasteiger charge is 2.53. The fourth-order valence-electron chi connectivity index (χ4n) is 3.23. The lowest BCUT2D eigenvalue weighted by Crippen LogP contribution is -2.70. The van der Waals surface area contributed by atoms with Crippen LogP contribution >= 0.6 is 23.1 Å². The zero-order valence-corrected chi connectivity index (χ0v) is 19.3. The van der Waals surface area contributed by atoms with Gasteiger partial charge in [0, 0.05) is 17.6 Å². The van der Waals surface area contributed by atoms with E-state index in [4.69, 9.17) is 20.4 Å². The van der Waals surface area contributed by atoms with Crippen LogP contribution in [0.2, 0.25) is 0 Å². The zero-order chi connectivity index (χ0) is 24.0. The fraction of sp³-hybridized carbons (Fsp3) is 0.474. The molecule has 1 saturated heterocycles. The van der Waals surface area contributed by atoms with Crippen LogP contribution in [0.15, 0.2) is 22.3 Å². The number of carbonyl (C=O) groups is 4. The molecule has 0 aliphatic carbocycles. The van der Waals surface area contributed by atoms with Crippen molar-refractivity contribution < 1.29 is 33.9 Å². The van der Waals surface area contributed by atoms with Crippen molar-refractivity contribution in [2.75, 3.05) is 25.2 Å². The molecule has 178 valence electrons. The molecule has 12 nitrogen and oxygen atoms in total. The first-order chi connectivity index (χ1) is 15.8. The molecule has 0 aromatic carbocycles. The molecule has 1 aromatic rings. The molecule has 33 heavy (non-hydrogen) atoms. The molecule has 3 rings (SSSR count). The standard InChI is InChI=1S/C19H23N5O7S2/c1-30-23-13(10-9-33-19(20)21-10)15(27)22-14-16(28)24-11(6-8-32-17(14)24)18(29)31-7-4-2-3-5-12(25)26/h6,9,14,17H,2-5,7-8H2,1H3,(H2,20,21)(H,22,27)(H,25,26)/t14?,17-/m0/s1. The molecule has 14 heteroatoms. The van der Waals surface area contributed by atoms with Gasteiger partial charge in [0.2, 0.25) is 0 Å². The molecular formula is C19H23N5O7S2. The summed E-state index contributed by atoms with van der Waals surface area (Å²) in [4.78, 5) is 58.5. The van der Waals surface area contributed by atoms with Crippen LogP contribution in [-0.2, 0) is 28.8 Å². The van der Waals surface area contributed by atoms with Crippen molar-refractivity contribution in [3.63, 3.8) is 0 Å². The van der Waals surface area contributed by atoms with Crippen LogP contribution in [0.25, 0.3) is 0 Å². The molecule has 2 amide bonds. The number of ether oxygens (including phenoxy) is 1. The van der Waals surface area contributed by atoms with E-state index >= 15 is 0 Å². The minimum Gasteiger partial charge on any atom is -0.481 e. The number of aliphatic carboxylic acids is 1. The number of nitrogens with one attached hydrogen (secondary N) is 1. The Balaban J connectivity index is 1.55. The number of nitrogens with two attached hydrogens (primary N) is 1. The first-order valence-corrected chi connectivity index (χ1v) is 11.9. The van der Waals surface area contributed by atoms with E-state index < -0.39 is 35.2 Å². The molecule has 1 fully saturated rings. The van der Waals surface area contributed by atoms with E-state index in [2.05, 4.69) is 15.5 Å². The number of rotatable bonds is 11. The summed E-state index contributed by atoms with van der Waals surface area (Å²) in [5.74, 6) is -2.13. The number of β-lactam (4-membered cyclic amide) rings is 1. The molecule has 0 radical (unpaired) electrons. The van der Waals surface area contributed by atoms with Crippen LogP contribution in [0.1, 0.15) is 31.4 Å². The first-order valence-electron chi connectivity index (χ1n) is 10.0. The van der Waals surface area contributed by atoms with Crippen LogP contribution in [0, 0.1) is 0 Å². The van der Waals surface area contributed by atoms with Crippen molar-refractivity contribution in [2.24, 2.45) is 5.16 Å². The number of amides is 2. The SMILES string of the molecule is CON=C(C(=O)NC1C(=O)N2C(C(=O)OCCCCCC(=O)O)=CCS[C@@H]12)c1csc(N)n1. The van der Waals surface area contributed by atoms with E-state index in [-0.39, 0.29) is 35.3 Å². The minimum atomic E-state index is -0.864. The molecule has 0 spiro atoms. The summed E-state index contributed by atoms with van der Waals surface area (Å²) in [6, 6.07) is -0.854. The number of nitrogens with zero attached hydrogens (tertiary/aromatic N) is 3. The lowest BCUT2D eigenvalue weighted by atomic mass is 10.0. The summed E-state index contributed by atoms with van der Waals surface area (Å²) in [6.45, 7) is 0.128. The van der Waals surface area contributed by atoms with Crippen molar-refractivity contribution in [1.29, 1.82) is 0 Å². The number of carboxylic acid groups (broad SMARTS) is 1. The second kappa shape index (κ2) is 11.1. The van der Waals surface area contributed by atoms with Gasteiger partial charge < -0.3 is 25.7 Å². The number of unbranched alkanes of at least 4 members (excludes halogenated alkanes) is 2. The number of hydrogen-bond acceptors (Lipinski definition) is 11. The largest absolute Gasteiger partial charge is 0.481 e. The number of nitrogen functional groups attached to an aromatic ring is 1. The lowest BCUT2D eigenvalue weighted by Gasteiger charge is -2.48. The van der Waals surface area contributed by atoms with E-state index in [9.17, 15) is 19.2 Å². The molecule has 1 aromatic heterocycles. The van der Waals surface area contributed by atoms with Gasteiger partial charge in [0.15, 0.2) is 10.8 Å². The Labute approximate surface area is 197 Å². The van der Waals surface area contributed by atoms with Crippen molar-refractivity contribution >= 4 is 57.7 Å². The Hall–Kier alpha value is -3.13. The predicted octanol–water partition coefficient (Wildman–Crippen LogP) is 0.548. The second-order valence-corrected chi connectivity index (χ2v) is 9.05. The van der Waals surface area contributed by atoms with E-state index in [1.807, 2.05) is 0 Å². The highest BCUT2D eigenvalue weighted by Crippen LogP contribution is 2.37. The Kier molecular flexibility index (Phi) is 8.27. The molecule has 2 atom stereocenters. The summed E-state index contributed by atoms with van der Waals surface area (Å²) in [7, 11) is 1.28. The van der Waals surface area contributed by atoms with Gasteiger partial charge in [-0.05, 0) is 25.3 Å².